The molecule has 3 rings (SSSR count). The second-order valence-corrected chi connectivity index (χ2v) is 4.52. The molecule has 2 heterocycles. The third-order valence-electron chi connectivity index (χ3n) is 3.14. The molecule has 0 unspecified atom stereocenters. The van der Waals surface area contributed by atoms with Crippen LogP contribution in [0.3, 0.4) is 0 Å². The third kappa shape index (κ3) is 2.82. The minimum atomic E-state index is -2.58. The zero-order valence-corrected chi connectivity index (χ0v) is 11.1. The summed E-state index contributed by atoms with van der Waals surface area (Å²) in [6.07, 6.45) is 1.57. The van der Waals surface area contributed by atoms with Crippen LogP contribution >= 0.6 is 0 Å². The molecule has 0 N–H and O–H groups in total. The van der Waals surface area contributed by atoms with E-state index in [1.165, 1.54) is 6.07 Å². The van der Waals surface area contributed by atoms with Gasteiger partial charge in [-0.15, -0.1) is 0 Å². The van der Waals surface area contributed by atoms with E-state index in [0.29, 0.717) is 11.4 Å². The molecule has 3 aromatic rings. The van der Waals surface area contributed by atoms with Gasteiger partial charge in [-0.1, -0.05) is 42.5 Å². The van der Waals surface area contributed by atoms with Crippen LogP contribution in [0.4, 0.5) is 8.63 Å². The van der Waals surface area contributed by atoms with E-state index in [1.54, 1.807) is 30.5 Å². The van der Waals surface area contributed by atoms with Gasteiger partial charge in [0.1, 0.15) is 0 Å². The van der Waals surface area contributed by atoms with Crippen LogP contribution in [-0.2, 0) is 0 Å². The monoisotopic (exact) mass is 280 g/mol. The molecule has 0 aliphatic rings. The lowest BCUT2D eigenvalue weighted by atomic mass is 9.83. The highest BCUT2D eigenvalue weighted by Crippen LogP contribution is 2.20. The highest BCUT2D eigenvalue weighted by atomic mass is 19.2. The summed E-state index contributed by atoms with van der Waals surface area (Å²) in [5.74, 6) is 0. The normalized spacial score (nSPS) is 10.4. The van der Waals surface area contributed by atoms with Crippen molar-refractivity contribution in [3.8, 4) is 22.6 Å². The zero-order chi connectivity index (χ0) is 14.7. The first-order chi connectivity index (χ1) is 10.3. The Morgan fingerprint density at radius 3 is 2.19 bits per heavy atom. The Hall–Kier alpha value is -2.56. The van der Waals surface area contributed by atoms with Crippen LogP contribution in [0.2, 0.25) is 0 Å². The molecule has 102 valence electrons. The number of hydrogen-bond acceptors (Lipinski definition) is 2. The number of hydrogen-bond donors (Lipinski definition) is 0. The van der Waals surface area contributed by atoms with Gasteiger partial charge in [-0.3, -0.25) is 13.6 Å². The maximum Gasteiger partial charge on any atom is 0.574 e. The smallest absolute Gasteiger partial charge is 0.281 e. The van der Waals surface area contributed by atoms with Crippen molar-refractivity contribution in [3.63, 3.8) is 0 Å². The van der Waals surface area contributed by atoms with Crippen LogP contribution in [0, 0.1) is 0 Å². The molecule has 0 saturated heterocycles. The molecular weight excluding hydrogens is 269 g/mol. The first-order valence-electron chi connectivity index (χ1n) is 6.51. The number of aromatic nitrogens is 2. The maximum atomic E-state index is 13.2. The maximum absolute atomic E-state index is 13.2. The molecule has 21 heavy (non-hydrogen) atoms. The lowest BCUT2D eigenvalue weighted by Crippen LogP contribution is -2.24. The van der Waals surface area contributed by atoms with Crippen molar-refractivity contribution in [2.45, 2.75) is 0 Å². The number of halogens is 2. The van der Waals surface area contributed by atoms with E-state index in [2.05, 4.69) is 9.97 Å². The summed E-state index contributed by atoms with van der Waals surface area (Å²) in [4.78, 5) is 8.52. The Balaban J connectivity index is 2.16. The molecule has 0 saturated carbocycles. The number of pyridine rings is 2. The number of nitrogens with zero attached hydrogens (tertiary/aromatic N) is 2. The molecule has 2 nitrogen and oxygen atoms in total. The molecule has 0 radical (unpaired) electrons. The van der Waals surface area contributed by atoms with Gasteiger partial charge in [-0.25, -0.2) is 4.98 Å². The van der Waals surface area contributed by atoms with Crippen molar-refractivity contribution in [3.05, 3.63) is 66.9 Å². The van der Waals surface area contributed by atoms with Crippen molar-refractivity contribution in [1.82, 2.24) is 9.97 Å². The van der Waals surface area contributed by atoms with Gasteiger partial charge in [-0.05, 0) is 18.2 Å². The van der Waals surface area contributed by atoms with Gasteiger partial charge >= 0.3 is 7.27 Å². The average molecular weight is 280 g/mol. The van der Waals surface area contributed by atoms with E-state index < -0.39 is 7.27 Å². The van der Waals surface area contributed by atoms with Crippen LogP contribution in [0.15, 0.2) is 66.9 Å². The minimum Gasteiger partial charge on any atom is -0.281 e. The van der Waals surface area contributed by atoms with Gasteiger partial charge in [0, 0.05) is 17.2 Å². The van der Waals surface area contributed by atoms with Crippen LogP contribution in [0.25, 0.3) is 22.6 Å². The average Bonchev–Trinajstić information content (AvgIpc) is 2.56. The lowest BCUT2D eigenvalue weighted by molar-refractivity contribution is 0.684. The van der Waals surface area contributed by atoms with E-state index in [-0.39, 0.29) is 11.2 Å². The molecule has 0 bridgehead atoms. The van der Waals surface area contributed by atoms with E-state index in [9.17, 15) is 8.63 Å². The molecule has 5 heteroatoms. The van der Waals surface area contributed by atoms with E-state index in [1.807, 2.05) is 30.3 Å². The van der Waals surface area contributed by atoms with Gasteiger partial charge in [0.15, 0.2) is 0 Å². The summed E-state index contributed by atoms with van der Waals surface area (Å²) in [7, 11) is -2.58. The highest BCUT2D eigenvalue weighted by Gasteiger charge is 2.23. The van der Waals surface area contributed by atoms with Crippen LogP contribution < -0.4 is 5.46 Å². The van der Waals surface area contributed by atoms with Crippen molar-refractivity contribution in [1.29, 1.82) is 0 Å². The van der Waals surface area contributed by atoms with Crippen molar-refractivity contribution in [2.75, 3.05) is 0 Å². The van der Waals surface area contributed by atoms with Crippen molar-refractivity contribution in [2.24, 2.45) is 0 Å². The SMILES string of the molecule is FB(F)c1ccc(-c2ccccc2)nc1-c1ccccn1. The number of rotatable bonds is 3. The Bertz CT molecular complexity index is 734. The van der Waals surface area contributed by atoms with Crippen molar-refractivity contribution >= 4 is 12.7 Å². The van der Waals surface area contributed by atoms with Crippen molar-refractivity contribution < 1.29 is 8.63 Å². The first kappa shape index (κ1) is 13.4. The first-order valence-corrected chi connectivity index (χ1v) is 6.51. The predicted molar refractivity (Wildman–Crippen MR) is 80.5 cm³/mol. The summed E-state index contributed by atoms with van der Waals surface area (Å²) in [6, 6.07) is 17.7. The van der Waals surface area contributed by atoms with Gasteiger partial charge in [0.25, 0.3) is 0 Å². The van der Waals surface area contributed by atoms with Gasteiger partial charge in [0.05, 0.1) is 17.1 Å². The fourth-order valence-electron chi connectivity index (χ4n) is 2.12. The molecule has 1 aromatic carbocycles. The molecule has 0 atom stereocenters. The molecule has 0 fully saturated rings. The third-order valence-corrected chi connectivity index (χ3v) is 3.14. The van der Waals surface area contributed by atoms with Gasteiger partial charge in [-0.2, -0.15) is 0 Å². The standard InChI is InChI=1S/C16H11BF2N2/c18-17(19)13-9-10-14(12-6-2-1-3-7-12)21-16(13)15-8-4-5-11-20-15/h1-11H. The lowest BCUT2D eigenvalue weighted by Gasteiger charge is -2.09. The van der Waals surface area contributed by atoms with Crippen LogP contribution in [-0.4, -0.2) is 17.2 Å². The quantitative estimate of drug-likeness (QED) is 0.687. The van der Waals surface area contributed by atoms with Gasteiger partial charge in [0.2, 0.25) is 0 Å². The van der Waals surface area contributed by atoms with E-state index >= 15 is 0 Å². The Kier molecular flexibility index (Phi) is 3.73. The van der Waals surface area contributed by atoms with E-state index in [4.69, 9.17) is 0 Å². The second-order valence-electron chi connectivity index (χ2n) is 4.52. The minimum absolute atomic E-state index is 0.103. The summed E-state index contributed by atoms with van der Waals surface area (Å²) >= 11 is 0. The molecule has 0 aliphatic carbocycles. The van der Waals surface area contributed by atoms with Crippen LogP contribution in [0.1, 0.15) is 0 Å². The molecular formula is C16H11BF2N2. The number of benzene rings is 1. The Labute approximate surface area is 121 Å². The fourth-order valence-corrected chi connectivity index (χ4v) is 2.12. The highest BCUT2D eigenvalue weighted by molar-refractivity contribution is 6.61. The summed E-state index contributed by atoms with van der Waals surface area (Å²) in [5, 5.41) is 0. The fraction of sp³-hybridized carbons (Fsp3) is 0. The summed E-state index contributed by atoms with van der Waals surface area (Å²) in [6.45, 7) is 0. The summed E-state index contributed by atoms with van der Waals surface area (Å²) in [5.41, 5.74) is 2.11. The van der Waals surface area contributed by atoms with E-state index in [0.717, 1.165) is 5.56 Å². The molecule has 0 spiro atoms. The molecule has 0 aliphatic heterocycles. The largest absolute Gasteiger partial charge is 0.574 e. The second kappa shape index (κ2) is 5.83. The molecule has 0 amide bonds. The van der Waals surface area contributed by atoms with Gasteiger partial charge < -0.3 is 0 Å². The zero-order valence-electron chi connectivity index (χ0n) is 11.1. The molecule has 2 aromatic heterocycles. The Morgan fingerprint density at radius 2 is 1.52 bits per heavy atom. The van der Waals surface area contributed by atoms with Crippen LogP contribution in [0.5, 0.6) is 0 Å². The summed E-state index contributed by atoms with van der Waals surface area (Å²) < 4.78 is 26.4. The Morgan fingerprint density at radius 1 is 0.762 bits per heavy atom. The predicted octanol–water partition coefficient (Wildman–Crippen LogP) is 3.44. The topological polar surface area (TPSA) is 25.8 Å².